The SMILES string of the molecule is O=C1CCCNN1CC1CCNCC1. The van der Waals surface area contributed by atoms with E-state index in [1.807, 2.05) is 5.01 Å². The summed E-state index contributed by atoms with van der Waals surface area (Å²) < 4.78 is 0. The Bertz CT molecular complexity index is 202. The standard InChI is InChI=1S/C10H19N3O/c14-10-2-1-5-12-13(10)8-9-3-6-11-7-4-9/h9,11-12H,1-8H2. The fourth-order valence-corrected chi connectivity index (χ4v) is 2.17. The van der Waals surface area contributed by atoms with E-state index in [0.29, 0.717) is 5.92 Å². The molecule has 2 rings (SSSR count). The lowest BCUT2D eigenvalue weighted by Gasteiger charge is -2.32. The molecular weight excluding hydrogens is 178 g/mol. The Morgan fingerprint density at radius 2 is 2.07 bits per heavy atom. The van der Waals surface area contributed by atoms with Crippen LogP contribution in [0, 0.1) is 5.92 Å². The third-order valence-electron chi connectivity index (χ3n) is 3.07. The number of piperidine rings is 1. The molecule has 0 aromatic heterocycles. The molecule has 2 fully saturated rings. The lowest BCUT2D eigenvalue weighted by molar-refractivity contribution is -0.137. The Labute approximate surface area is 85.0 Å². The van der Waals surface area contributed by atoms with Gasteiger partial charge in [0.25, 0.3) is 0 Å². The Hall–Kier alpha value is -0.610. The van der Waals surface area contributed by atoms with Crippen molar-refractivity contribution in [1.29, 1.82) is 0 Å². The third kappa shape index (κ3) is 2.45. The van der Waals surface area contributed by atoms with Gasteiger partial charge in [-0.15, -0.1) is 0 Å². The number of nitrogens with zero attached hydrogens (tertiary/aromatic N) is 1. The van der Waals surface area contributed by atoms with Crippen LogP contribution in [0.2, 0.25) is 0 Å². The number of hydrazine groups is 1. The van der Waals surface area contributed by atoms with Gasteiger partial charge in [-0.05, 0) is 38.3 Å². The lowest BCUT2D eigenvalue weighted by atomic mass is 9.98. The predicted molar refractivity (Wildman–Crippen MR) is 54.5 cm³/mol. The summed E-state index contributed by atoms with van der Waals surface area (Å²) in [5, 5.41) is 5.17. The van der Waals surface area contributed by atoms with Crippen molar-refractivity contribution in [3.63, 3.8) is 0 Å². The molecule has 0 bridgehead atoms. The van der Waals surface area contributed by atoms with Crippen LogP contribution in [0.4, 0.5) is 0 Å². The highest BCUT2D eigenvalue weighted by atomic mass is 16.2. The van der Waals surface area contributed by atoms with Crippen molar-refractivity contribution in [3.8, 4) is 0 Å². The van der Waals surface area contributed by atoms with Crippen molar-refractivity contribution in [3.05, 3.63) is 0 Å². The number of amides is 1. The van der Waals surface area contributed by atoms with Gasteiger partial charge in [-0.1, -0.05) is 0 Å². The molecular formula is C10H19N3O. The van der Waals surface area contributed by atoms with Gasteiger partial charge in [0.05, 0.1) is 0 Å². The van der Waals surface area contributed by atoms with Gasteiger partial charge in [-0.3, -0.25) is 9.80 Å². The largest absolute Gasteiger partial charge is 0.317 e. The zero-order valence-electron chi connectivity index (χ0n) is 8.59. The van der Waals surface area contributed by atoms with Gasteiger partial charge in [0, 0.05) is 19.5 Å². The molecule has 1 amide bonds. The summed E-state index contributed by atoms with van der Waals surface area (Å²) in [4.78, 5) is 11.5. The van der Waals surface area contributed by atoms with E-state index < -0.39 is 0 Å². The average molecular weight is 197 g/mol. The van der Waals surface area contributed by atoms with Gasteiger partial charge in [0.15, 0.2) is 0 Å². The van der Waals surface area contributed by atoms with Gasteiger partial charge < -0.3 is 5.32 Å². The van der Waals surface area contributed by atoms with E-state index in [9.17, 15) is 4.79 Å². The summed E-state index contributed by atoms with van der Waals surface area (Å²) in [5.41, 5.74) is 3.18. The Morgan fingerprint density at radius 1 is 1.29 bits per heavy atom. The highest BCUT2D eigenvalue weighted by molar-refractivity contribution is 5.76. The molecule has 2 N–H and O–H groups in total. The maximum atomic E-state index is 11.5. The van der Waals surface area contributed by atoms with Crippen LogP contribution in [-0.4, -0.2) is 37.1 Å². The highest BCUT2D eigenvalue weighted by Crippen LogP contribution is 2.14. The monoisotopic (exact) mass is 197 g/mol. The van der Waals surface area contributed by atoms with Crippen molar-refractivity contribution < 1.29 is 4.79 Å². The molecule has 80 valence electrons. The van der Waals surface area contributed by atoms with Crippen molar-refractivity contribution in [2.75, 3.05) is 26.2 Å². The molecule has 14 heavy (non-hydrogen) atoms. The minimum Gasteiger partial charge on any atom is -0.317 e. The first-order chi connectivity index (χ1) is 6.86. The van der Waals surface area contributed by atoms with E-state index in [0.717, 1.165) is 39.0 Å². The normalized spacial score (nSPS) is 25.4. The smallest absolute Gasteiger partial charge is 0.236 e. The number of rotatable bonds is 2. The van der Waals surface area contributed by atoms with Gasteiger partial charge in [0.2, 0.25) is 5.91 Å². The number of nitrogens with one attached hydrogen (secondary N) is 2. The summed E-state index contributed by atoms with van der Waals surface area (Å²) in [7, 11) is 0. The van der Waals surface area contributed by atoms with Crippen molar-refractivity contribution in [2.24, 2.45) is 5.92 Å². The van der Waals surface area contributed by atoms with Crippen molar-refractivity contribution in [2.45, 2.75) is 25.7 Å². The lowest BCUT2D eigenvalue weighted by Crippen LogP contribution is -2.50. The molecule has 2 heterocycles. The molecule has 0 unspecified atom stereocenters. The van der Waals surface area contributed by atoms with Crippen LogP contribution in [0.15, 0.2) is 0 Å². The summed E-state index contributed by atoms with van der Waals surface area (Å²) in [6, 6.07) is 0. The first-order valence-electron chi connectivity index (χ1n) is 5.61. The Balaban J connectivity index is 1.79. The van der Waals surface area contributed by atoms with Crippen molar-refractivity contribution in [1.82, 2.24) is 15.8 Å². The minimum absolute atomic E-state index is 0.273. The molecule has 0 atom stereocenters. The molecule has 0 saturated carbocycles. The molecule has 2 aliphatic rings. The number of carbonyl (C=O) groups excluding carboxylic acids is 1. The third-order valence-corrected chi connectivity index (χ3v) is 3.07. The number of hydrogen-bond acceptors (Lipinski definition) is 3. The molecule has 4 nitrogen and oxygen atoms in total. The molecule has 0 spiro atoms. The van der Waals surface area contributed by atoms with Gasteiger partial charge in [0.1, 0.15) is 0 Å². The minimum atomic E-state index is 0.273. The van der Waals surface area contributed by atoms with Gasteiger partial charge >= 0.3 is 0 Å². The maximum Gasteiger partial charge on any atom is 0.236 e. The van der Waals surface area contributed by atoms with Gasteiger partial charge in [-0.2, -0.15) is 0 Å². The van der Waals surface area contributed by atoms with E-state index in [-0.39, 0.29) is 5.91 Å². The molecule has 0 aromatic rings. The fourth-order valence-electron chi connectivity index (χ4n) is 2.17. The summed E-state index contributed by atoms with van der Waals surface area (Å²) in [6.07, 6.45) is 4.11. The second-order valence-corrected chi connectivity index (χ2v) is 4.21. The Kier molecular flexibility index (Phi) is 3.37. The molecule has 4 heteroatoms. The van der Waals surface area contributed by atoms with E-state index in [1.54, 1.807) is 0 Å². The van der Waals surface area contributed by atoms with Crippen LogP contribution in [0.25, 0.3) is 0 Å². The van der Waals surface area contributed by atoms with Crippen LogP contribution >= 0.6 is 0 Å². The van der Waals surface area contributed by atoms with E-state index >= 15 is 0 Å². The zero-order chi connectivity index (χ0) is 9.80. The van der Waals surface area contributed by atoms with E-state index in [4.69, 9.17) is 0 Å². The first kappa shape index (κ1) is 9.93. The second kappa shape index (κ2) is 4.75. The Morgan fingerprint density at radius 3 is 2.79 bits per heavy atom. The highest BCUT2D eigenvalue weighted by Gasteiger charge is 2.22. The van der Waals surface area contributed by atoms with E-state index in [1.165, 1.54) is 12.8 Å². The van der Waals surface area contributed by atoms with Gasteiger partial charge in [-0.25, -0.2) is 5.43 Å². The number of carbonyl (C=O) groups is 1. The van der Waals surface area contributed by atoms with Crippen LogP contribution in [0.3, 0.4) is 0 Å². The van der Waals surface area contributed by atoms with Crippen LogP contribution in [0.5, 0.6) is 0 Å². The van der Waals surface area contributed by atoms with Crippen molar-refractivity contribution >= 4 is 5.91 Å². The topological polar surface area (TPSA) is 44.4 Å². The average Bonchev–Trinajstić information content (AvgIpc) is 2.23. The fraction of sp³-hybridized carbons (Fsp3) is 0.900. The number of hydrogen-bond donors (Lipinski definition) is 2. The predicted octanol–water partition coefficient (Wildman–Crippen LogP) is 0.113. The van der Waals surface area contributed by atoms with Crippen LogP contribution in [-0.2, 0) is 4.79 Å². The quantitative estimate of drug-likeness (QED) is 0.660. The first-order valence-corrected chi connectivity index (χ1v) is 5.61. The summed E-state index contributed by atoms with van der Waals surface area (Å²) >= 11 is 0. The van der Waals surface area contributed by atoms with Crippen LogP contribution < -0.4 is 10.7 Å². The summed E-state index contributed by atoms with van der Waals surface area (Å²) in [6.45, 7) is 4.07. The molecule has 0 radical (unpaired) electrons. The molecule has 0 aliphatic carbocycles. The van der Waals surface area contributed by atoms with E-state index in [2.05, 4.69) is 10.7 Å². The maximum absolute atomic E-state index is 11.5. The molecule has 2 aliphatic heterocycles. The summed E-state index contributed by atoms with van der Waals surface area (Å²) in [5.74, 6) is 0.959. The van der Waals surface area contributed by atoms with Crippen LogP contribution in [0.1, 0.15) is 25.7 Å². The molecule has 2 saturated heterocycles. The zero-order valence-corrected chi connectivity index (χ0v) is 8.59. The second-order valence-electron chi connectivity index (χ2n) is 4.21. The molecule has 0 aromatic carbocycles.